The Bertz CT molecular complexity index is 696. The van der Waals surface area contributed by atoms with Crippen molar-refractivity contribution in [1.82, 2.24) is 5.32 Å². The number of aliphatic carboxylic acids is 1. The van der Waals surface area contributed by atoms with Gasteiger partial charge in [-0.3, -0.25) is 9.59 Å². The van der Waals surface area contributed by atoms with Crippen molar-refractivity contribution >= 4 is 11.9 Å². The lowest BCUT2D eigenvalue weighted by atomic mass is 9.98. The summed E-state index contributed by atoms with van der Waals surface area (Å²) in [6, 6.07) is 12.8. The molecule has 7 nitrogen and oxygen atoms in total. The summed E-state index contributed by atoms with van der Waals surface area (Å²) in [5.74, 6) is -0.273. The van der Waals surface area contributed by atoms with Gasteiger partial charge in [0.25, 0.3) is 0 Å². The number of methoxy groups -OCH3 is 2. The predicted octanol–water partition coefficient (Wildman–Crippen LogP) is 1.71. The summed E-state index contributed by atoms with van der Waals surface area (Å²) in [4.78, 5) is 23.1. The van der Waals surface area contributed by atoms with Gasteiger partial charge in [-0.25, -0.2) is 0 Å². The van der Waals surface area contributed by atoms with Gasteiger partial charge in [-0.1, -0.05) is 24.3 Å². The monoisotopic (exact) mass is 358 g/mol. The molecule has 0 radical (unpaired) electrons. The summed E-state index contributed by atoms with van der Waals surface area (Å²) in [5, 5.41) is 11.7. The highest BCUT2D eigenvalue weighted by Gasteiger charge is 2.21. The third kappa shape index (κ3) is 4.97. The van der Waals surface area contributed by atoms with Gasteiger partial charge in [0.15, 0.2) is 0 Å². The third-order valence-corrected chi connectivity index (χ3v) is 3.93. The van der Waals surface area contributed by atoms with Gasteiger partial charge in [0.05, 0.1) is 26.7 Å². The average Bonchev–Trinajstić information content (AvgIpc) is 2.66. The van der Waals surface area contributed by atoms with E-state index in [-0.39, 0.29) is 6.42 Å². The quantitative estimate of drug-likeness (QED) is 0.662. The van der Waals surface area contributed by atoms with Crippen LogP contribution in [0.15, 0.2) is 48.5 Å². The number of carbonyl (C=O) groups excluding carboxylic acids is 1. The maximum absolute atomic E-state index is 12.3. The zero-order valence-electron chi connectivity index (χ0n) is 14.6. The van der Waals surface area contributed by atoms with E-state index >= 15 is 0 Å². The number of nitrogens with one attached hydrogen (secondary N) is 1. The first-order valence-corrected chi connectivity index (χ1v) is 8.00. The van der Waals surface area contributed by atoms with Crippen LogP contribution in [0.2, 0.25) is 0 Å². The standard InChI is InChI=1S/C19H22N2O5/c1-25-14-7-3-12(4-8-14)18(13-5-9-15(26-2)10-6-13)21-17(22)11-16(20)19(23)24/h3-10,16,18H,11,20H2,1-2H3,(H,21,22)(H,23,24)/t16-/m0/s1. The molecule has 1 amide bonds. The van der Waals surface area contributed by atoms with Gasteiger partial charge < -0.3 is 25.6 Å². The number of ether oxygens (including phenoxy) is 2. The number of carboxylic acid groups (broad SMARTS) is 1. The van der Waals surface area contributed by atoms with Crippen molar-refractivity contribution < 1.29 is 24.2 Å². The first-order valence-electron chi connectivity index (χ1n) is 8.00. The van der Waals surface area contributed by atoms with Crippen LogP contribution in [0.5, 0.6) is 11.5 Å². The minimum Gasteiger partial charge on any atom is -0.497 e. The van der Waals surface area contributed by atoms with Gasteiger partial charge in [-0.15, -0.1) is 0 Å². The van der Waals surface area contributed by atoms with Crippen molar-refractivity contribution in [2.24, 2.45) is 5.73 Å². The van der Waals surface area contributed by atoms with E-state index in [1.165, 1.54) is 0 Å². The normalized spacial score (nSPS) is 11.7. The molecular weight excluding hydrogens is 336 g/mol. The maximum Gasteiger partial charge on any atom is 0.321 e. The molecule has 2 aromatic rings. The molecule has 0 aliphatic carbocycles. The number of carboxylic acids is 1. The number of amides is 1. The Morgan fingerprint density at radius 2 is 1.38 bits per heavy atom. The highest BCUT2D eigenvalue weighted by Crippen LogP contribution is 2.26. The van der Waals surface area contributed by atoms with E-state index in [9.17, 15) is 9.59 Å². The smallest absolute Gasteiger partial charge is 0.321 e. The molecule has 0 saturated carbocycles. The third-order valence-electron chi connectivity index (χ3n) is 3.93. The van der Waals surface area contributed by atoms with E-state index in [4.69, 9.17) is 20.3 Å². The van der Waals surface area contributed by atoms with E-state index in [1.54, 1.807) is 38.5 Å². The minimum atomic E-state index is -1.25. The van der Waals surface area contributed by atoms with Crippen molar-refractivity contribution in [1.29, 1.82) is 0 Å². The Hall–Kier alpha value is -3.06. The molecule has 0 heterocycles. The largest absolute Gasteiger partial charge is 0.497 e. The van der Waals surface area contributed by atoms with Crippen LogP contribution >= 0.6 is 0 Å². The van der Waals surface area contributed by atoms with Crippen LogP contribution in [0.3, 0.4) is 0 Å². The zero-order chi connectivity index (χ0) is 19.1. The van der Waals surface area contributed by atoms with Crippen LogP contribution in [0.4, 0.5) is 0 Å². The molecule has 4 N–H and O–H groups in total. The van der Waals surface area contributed by atoms with Gasteiger partial charge in [0.2, 0.25) is 5.91 Å². The van der Waals surface area contributed by atoms with E-state index in [0.29, 0.717) is 11.5 Å². The van der Waals surface area contributed by atoms with Crippen molar-refractivity contribution in [3.8, 4) is 11.5 Å². The number of hydrogen-bond donors (Lipinski definition) is 3. The first-order chi connectivity index (χ1) is 12.4. The lowest BCUT2D eigenvalue weighted by Gasteiger charge is -2.21. The molecule has 0 unspecified atom stereocenters. The summed E-state index contributed by atoms with van der Waals surface area (Å²) < 4.78 is 10.3. The Morgan fingerprint density at radius 3 is 1.73 bits per heavy atom. The zero-order valence-corrected chi connectivity index (χ0v) is 14.6. The molecule has 2 aromatic carbocycles. The van der Waals surface area contributed by atoms with Gasteiger partial charge in [-0.05, 0) is 35.4 Å². The second-order valence-corrected chi connectivity index (χ2v) is 5.70. The van der Waals surface area contributed by atoms with Crippen LogP contribution < -0.4 is 20.5 Å². The summed E-state index contributed by atoms with van der Waals surface area (Å²) in [7, 11) is 3.15. The molecule has 26 heavy (non-hydrogen) atoms. The van der Waals surface area contributed by atoms with Crippen LogP contribution in [-0.4, -0.2) is 37.2 Å². The molecular formula is C19H22N2O5. The van der Waals surface area contributed by atoms with E-state index in [0.717, 1.165) is 11.1 Å². The summed E-state index contributed by atoms with van der Waals surface area (Å²) >= 11 is 0. The molecule has 2 rings (SSSR count). The van der Waals surface area contributed by atoms with Crippen LogP contribution in [-0.2, 0) is 9.59 Å². The molecule has 7 heteroatoms. The predicted molar refractivity (Wildman–Crippen MR) is 96.2 cm³/mol. The first kappa shape index (κ1) is 19.3. The van der Waals surface area contributed by atoms with Gasteiger partial charge >= 0.3 is 5.97 Å². The van der Waals surface area contributed by atoms with Crippen molar-refractivity contribution in [3.05, 3.63) is 59.7 Å². The Labute approximate surface area is 151 Å². The number of nitrogens with two attached hydrogens (primary N) is 1. The van der Waals surface area contributed by atoms with Crippen LogP contribution in [0.25, 0.3) is 0 Å². The van der Waals surface area contributed by atoms with Crippen LogP contribution in [0.1, 0.15) is 23.6 Å². The molecule has 0 aliphatic rings. The average molecular weight is 358 g/mol. The molecule has 1 atom stereocenters. The fourth-order valence-corrected chi connectivity index (χ4v) is 2.46. The molecule has 0 aliphatic heterocycles. The number of rotatable bonds is 8. The number of hydrogen-bond acceptors (Lipinski definition) is 5. The van der Waals surface area contributed by atoms with E-state index in [1.807, 2.05) is 24.3 Å². The molecule has 138 valence electrons. The highest BCUT2D eigenvalue weighted by molar-refractivity contribution is 5.84. The Balaban J connectivity index is 2.27. The van der Waals surface area contributed by atoms with Crippen molar-refractivity contribution in [2.75, 3.05) is 14.2 Å². The van der Waals surface area contributed by atoms with Gasteiger partial charge in [-0.2, -0.15) is 0 Å². The summed E-state index contributed by atoms with van der Waals surface area (Å²) in [6.07, 6.45) is -0.307. The molecule has 0 saturated heterocycles. The SMILES string of the molecule is COc1ccc(C(NC(=O)C[C@H](N)C(=O)O)c2ccc(OC)cc2)cc1. The van der Waals surface area contributed by atoms with E-state index in [2.05, 4.69) is 5.32 Å². The Kier molecular flexibility index (Phi) is 6.57. The number of benzene rings is 2. The highest BCUT2D eigenvalue weighted by atomic mass is 16.5. The second-order valence-electron chi connectivity index (χ2n) is 5.70. The summed E-state index contributed by atoms with van der Waals surface area (Å²) in [5.41, 5.74) is 7.11. The van der Waals surface area contributed by atoms with Crippen LogP contribution in [0, 0.1) is 0 Å². The molecule has 0 aromatic heterocycles. The fraction of sp³-hybridized carbons (Fsp3) is 0.263. The van der Waals surface area contributed by atoms with Crippen molar-refractivity contribution in [2.45, 2.75) is 18.5 Å². The Morgan fingerprint density at radius 1 is 0.962 bits per heavy atom. The second kappa shape index (κ2) is 8.87. The van der Waals surface area contributed by atoms with Gasteiger partial charge in [0, 0.05) is 0 Å². The number of carbonyl (C=O) groups is 2. The van der Waals surface area contributed by atoms with Gasteiger partial charge in [0.1, 0.15) is 17.5 Å². The molecule has 0 fully saturated rings. The lowest BCUT2D eigenvalue weighted by Crippen LogP contribution is -2.38. The van der Waals surface area contributed by atoms with E-state index < -0.39 is 24.0 Å². The lowest BCUT2D eigenvalue weighted by molar-refractivity contribution is -0.140. The molecule has 0 spiro atoms. The maximum atomic E-state index is 12.3. The molecule has 0 bridgehead atoms. The minimum absolute atomic E-state index is 0.307. The fourth-order valence-electron chi connectivity index (χ4n) is 2.46. The summed E-state index contributed by atoms with van der Waals surface area (Å²) in [6.45, 7) is 0. The van der Waals surface area contributed by atoms with Crippen molar-refractivity contribution in [3.63, 3.8) is 0 Å². The topological polar surface area (TPSA) is 111 Å².